The Kier molecular flexibility index (Phi) is 5.68. The molecule has 0 saturated carbocycles. The summed E-state index contributed by atoms with van der Waals surface area (Å²) in [5, 5.41) is 11.3. The molecule has 2 atom stereocenters. The first kappa shape index (κ1) is 21.2. The number of rotatable bonds is 7. The topological polar surface area (TPSA) is 91.1 Å². The highest BCUT2D eigenvalue weighted by Gasteiger charge is 2.51. The summed E-state index contributed by atoms with van der Waals surface area (Å²) in [5.74, 6) is 1.39. The fourth-order valence-electron chi connectivity index (χ4n) is 3.81. The van der Waals surface area contributed by atoms with Crippen LogP contribution in [0.4, 0.5) is 11.4 Å². The van der Waals surface area contributed by atoms with E-state index in [4.69, 9.17) is 14.2 Å². The lowest BCUT2D eigenvalue weighted by atomic mass is 9.89. The van der Waals surface area contributed by atoms with Crippen molar-refractivity contribution < 1.29 is 23.9 Å². The van der Waals surface area contributed by atoms with E-state index >= 15 is 0 Å². The van der Waals surface area contributed by atoms with Gasteiger partial charge in [-0.05, 0) is 42.3 Å². The number of nitrogens with zero attached hydrogens (tertiary/aromatic N) is 2. The third-order valence-corrected chi connectivity index (χ3v) is 5.46. The zero-order valence-electron chi connectivity index (χ0n) is 17.8. The summed E-state index contributed by atoms with van der Waals surface area (Å²) in [4.78, 5) is 25.5. The molecule has 164 valence electrons. The van der Waals surface area contributed by atoms with E-state index in [-0.39, 0.29) is 11.6 Å². The molecule has 0 spiro atoms. The minimum Gasteiger partial charge on any atom is -0.493 e. The normalized spacial score (nSPS) is 17.5. The number of nitro benzene ring substituents is 1. The molecule has 0 bridgehead atoms. The molecule has 3 aromatic carbocycles. The van der Waals surface area contributed by atoms with Gasteiger partial charge in [-0.2, -0.15) is 0 Å². The third kappa shape index (κ3) is 3.71. The fourth-order valence-corrected chi connectivity index (χ4v) is 3.81. The van der Waals surface area contributed by atoms with Crippen molar-refractivity contribution in [2.24, 2.45) is 0 Å². The molecule has 0 radical (unpaired) electrons. The maximum atomic E-state index is 13.2. The number of carbonyl (C=O) groups is 1. The molecule has 1 heterocycles. The van der Waals surface area contributed by atoms with Crippen molar-refractivity contribution in [2.45, 2.75) is 19.1 Å². The van der Waals surface area contributed by atoms with E-state index in [9.17, 15) is 14.9 Å². The Bertz CT molecular complexity index is 1180. The summed E-state index contributed by atoms with van der Waals surface area (Å²) in [6, 6.07) is 18.3. The molecule has 0 unspecified atom stereocenters. The van der Waals surface area contributed by atoms with Crippen LogP contribution >= 0.6 is 0 Å². The van der Waals surface area contributed by atoms with E-state index in [1.807, 2.05) is 37.3 Å². The number of benzene rings is 3. The number of ether oxygens (including phenoxy) is 3. The second-order valence-corrected chi connectivity index (χ2v) is 7.35. The van der Waals surface area contributed by atoms with Crippen molar-refractivity contribution >= 4 is 17.3 Å². The van der Waals surface area contributed by atoms with Gasteiger partial charge in [0.15, 0.2) is 11.5 Å². The van der Waals surface area contributed by atoms with Gasteiger partial charge in [-0.15, -0.1) is 0 Å². The standard InChI is InChI=1S/C24H22N2O6/c1-15-7-4-5-10-19(15)32-23-22(16-11-12-20(30-2)21(13-16)31-3)25(24(23)27)17-8-6-9-18(14-17)26(28)29/h4-14,22-23H,1-3H3/t22-,23-/m1/s1. The number of hydrogen-bond donors (Lipinski definition) is 0. The van der Waals surface area contributed by atoms with Crippen molar-refractivity contribution in [1.82, 2.24) is 0 Å². The van der Waals surface area contributed by atoms with E-state index < -0.39 is 17.1 Å². The molecule has 1 aliphatic rings. The number of carbonyl (C=O) groups excluding carboxylic acids is 1. The Balaban J connectivity index is 1.76. The van der Waals surface area contributed by atoms with Gasteiger partial charge in [0.2, 0.25) is 6.10 Å². The molecule has 0 aliphatic carbocycles. The van der Waals surface area contributed by atoms with E-state index in [1.54, 1.807) is 31.4 Å². The Hall–Kier alpha value is -4.07. The molecule has 32 heavy (non-hydrogen) atoms. The van der Waals surface area contributed by atoms with E-state index in [1.165, 1.54) is 24.1 Å². The lowest BCUT2D eigenvalue weighted by molar-refractivity contribution is -0.384. The van der Waals surface area contributed by atoms with Crippen molar-refractivity contribution in [3.8, 4) is 17.2 Å². The van der Waals surface area contributed by atoms with Crippen molar-refractivity contribution in [3.05, 3.63) is 88.0 Å². The van der Waals surface area contributed by atoms with Gasteiger partial charge in [-0.3, -0.25) is 19.8 Å². The lowest BCUT2D eigenvalue weighted by Gasteiger charge is -2.46. The molecule has 8 heteroatoms. The molecule has 4 rings (SSSR count). The molecule has 1 saturated heterocycles. The number of amides is 1. The van der Waals surface area contributed by atoms with Crippen LogP contribution in [0.5, 0.6) is 17.2 Å². The Morgan fingerprint density at radius 1 is 0.906 bits per heavy atom. The van der Waals surface area contributed by atoms with Crippen LogP contribution in [0.3, 0.4) is 0 Å². The molecule has 8 nitrogen and oxygen atoms in total. The van der Waals surface area contributed by atoms with Gasteiger partial charge in [0.1, 0.15) is 11.8 Å². The van der Waals surface area contributed by atoms with Gasteiger partial charge < -0.3 is 14.2 Å². The number of para-hydroxylation sites is 1. The number of aryl methyl sites for hydroxylation is 1. The molecule has 1 amide bonds. The van der Waals surface area contributed by atoms with Crippen molar-refractivity contribution in [2.75, 3.05) is 19.1 Å². The average Bonchev–Trinajstić information content (AvgIpc) is 2.81. The smallest absolute Gasteiger partial charge is 0.271 e. The Labute approximate surface area is 185 Å². The average molecular weight is 434 g/mol. The van der Waals surface area contributed by atoms with Gasteiger partial charge in [0, 0.05) is 12.1 Å². The largest absolute Gasteiger partial charge is 0.493 e. The van der Waals surface area contributed by atoms with Gasteiger partial charge in [-0.25, -0.2) is 0 Å². The Morgan fingerprint density at radius 3 is 2.34 bits per heavy atom. The van der Waals surface area contributed by atoms with Gasteiger partial charge in [0.05, 0.1) is 24.8 Å². The minimum atomic E-state index is -0.798. The zero-order chi connectivity index (χ0) is 22.8. The summed E-state index contributed by atoms with van der Waals surface area (Å²) in [7, 11) is 3.08. The van der Waals surface area contributed by atoms with E-state index in [0.29, 0.717) is 22.9 Å². The molecule has 1 aliphatic heterocycles. The van der Waals surface area contributed by atoms with E-state index in [0.717, 1.165) is 11.1 Å². The molecule has 0 aromatic heterocycles. The fraction of sp³-hybridized carbons (Fsp3) is 0.208. The van der Waals surface area contributed by atoms with Crippen LogP contribution in [0, 0.1) is 17.0 Å². The minimum absolute atomic E-state index is 0.0929. The van der Waals surface area contributed by atoms with Crippen LogP contribution in [0.2, 0.25) is 0 Å². The summed E-state index contributed by atoms with van der Waals surface area (Å²) in [5.41, 5.74) is 1.99. The van der Waals surface area contributed by atoms with Crippen LogP contribution in [-0.2, 0) is 4.79 Å². The van der Waals surface area contributed by atoms with Crippen LogP contribution in [0.25, 0.3) is 0 Å². The first-order valence-electron chi connectivity index (χ1n) is 9.96. The van der Waals surface area contributed by atoms with Crippen LogP contribution in [-0.4, -0.2) is 31.2 Å². The summed E-state index contributed by atoms with van der Waals surface area (Å²) >= 11 is 0. The number of hydrogen-bond acceptors (Lipinski definition) is 6. The maximum absolute atomic E-state index is 13.2. The summed E-state index contributed by atoms with van der Waals surface area (Å²) in [6.07, 6.45) is -0.798. The number of nitro groups is 1. The first-order valence-corrected chi connectivity index (χ1v) is 9.96. The SMILES string of the molecule is COc1ccc([C@@H]2[C@@H](Oc3ccccc3C)C(=O)N2c2cccc([N+](=O)[O-])c2)cc1OC. The van der Waals surface area contributed by atoms with Crippen molar-refractivity contribution in [1.29, 1.82) is 0 Å². The third-order valence-electron chi connectivity index (χ3n) is 5.46. The molecule has 0 N–H and O–H groups in total. The lowest BCUT2D eigenvalue weighted by Crippen LogP contribution is -2.61. The number of methoxy groups -OCH3 is 2. The highest BCUT2D eigenvalue weighted by molar-refractivity contribution is 6.05. The predicted octanol–water partition coefficient (Wildman–Crippen LogP) is 4.46. The molecular formula is C24H22N2O6. The highest BCUT2D eigenvalue weighted by Crippen LogP contribution is 2.44. The van der Waals surface area contributed by atoms with E-state index in [2.05, 4.69) is 0 Å². The molecular weight excluding hydrogens is 412 g/mol. The second-order valence-electron chi connectivity index (χ2n) is 7.35. The Morgan fingerprint density at radius 2 is 1.66 bits per heavy atom. The second kappa shape index (κ2) is 8.58. The maximum Gasteiger partial charge on any atom is 0.271 e. The predicted molar refractivity (Wildman–Crippen MR) is 118 cm³/mol. The van der Waals surface area contributed by atoms with Gasteiger partial charge in [-0.1, -0.05) is 30.3 Å². The van der Waals surface area contributed by atoms with Crippen LogP contribution < -0.4 is 19.1 Å². The monoisotopic (exact) mass is 434 g/mol. The quantitative estimate of drug-likeness (QED) is 0.310. The summed E-state index contributed by atoms with van der Waals surface area (Å²) in [6.45, 7) is 1.90. The van der Waals surface area contributed by atoms with Crippen molar-refractivity contribution in [3.63, 3.8) is 0 Å². The summed E-state index contributed by atoms with van der Waals surface area (Å²) < 4.78 is 16.9. The van der Waals surface area contributed by atoms with Crippen LogP contribution in [0.15, 0.2) is 66.7 Å². The highest BCUT2D eigenvalue weighted by atomic mass is 16.6. The number of non-ortho nitro benzene ring substituents is 1. The number of anilines is 1. The molecule has 3 aromatic rings. The zero-order valence-corrected chi connectivity index (χ0v) is 17.8. The first-order chi connectivity index (χ1) is 15.4. The molecule has 1 fully saturated rings. The van der Waals surface area contributed by atoms with Crippen LogP contribution in [0.1, 0.15) is 17.2 Å². The number of β-lactam (4-membered cyclic amide) rings is 1. The van der Waals surface area contributed by atoms with Gasteiger partial charge in [0.25, 0.3) is 11.6 Å². The van der Waals surface area contributed by atoms with Gasteiger partial charge >= 0.3 is 0 Å².